The molecule has 131 valence electrons. The lowest BCUT2D eigenvalue weighted by atomic mass is 9.54. The average Bonchev–Trinajstić information content (AvgIpc) is 2.85. The molecule has 0 aromatic heterocycles. The zero-order valence-corrected chi connectivity index (χ0v) is 16.1. The van der Waals surface area contributed by atoms with Crippen molar-refractivity contribution < 1.29 is 4.74 Å². The quantitative estimate of drug-likeness (QED) is 0.488. The van der Waals surface area contributed by atoms with Crippen molar-refractivity contribution in [3.05, 3.63) is 82.3 Å². The molecule has 0 atom stereocenters. The molecule has 1 nitrogen and oxygen atoms in total. The maximum Gasteiger partial charge on any atom is 0.188 e. The van der Waals surface area contributed by atoms with Gasteiger partial charge in [0, 0.05) is 5.41 Å². The van der Waals surface area contributed by atoms with E-state index in [0.29, 0.717) is 0 Å². The Morgan fingerprint density at radius 2 is 2.12 bits per heavy atom. The van der Waals surface area contributed by atoms with Gasteiger partial charge in [-0.25, -0.2) is 0 Å². The molecule has 1 heterocycles. The van der Waals surface area contributed by atoms with Crippen LogP contribution < -0.4 is 4.74 Å². The number of allylic oxidation sites excluding steroid dienone is 9. The Morgan fingerprint density at radius 1 is 1.27 bits per heavy atom. The second-order valence-corrected chi connectivity index (χ2v) is 7.85. The predicted octanol–water partition coefficient (Wildman–Crippen LogP) is 5.91. The first kappa shape index (κ1) is 17.2. The van der Waals surface area contributed by atoms with Gasteiger partial charge in [-0.1, -0.05) is 75.1 Å². The third-order valence-corrected chi connectivity index (χ3v) is 5.75. The van der Waals surface area contributed by atoms with Crippen LogP contribution in [0.3, 0.4) is 0 Å². The van der Waals surface area contributed by atoms with Crippen molar-refractivity contribution in [1.82, 2.24) is 0 Å². The minimum atomic E-state index is -0.0619. The molecule has 1 aliphatic heterocycles. The van der Waals surface area contributed by atoms with Crippen molar-refractivity contribution in [2.24, 2.45) is 0 Å². The summed E-state index contributed by atoms with van der Waals surface area (Å²) in [7, 11) is 2.37. The first-order valence-electron chi connectivity index (χ1n) is 9.68. The summed E-state index contributed by atoms with van der Waals surface area (Å²) in [6.45, 7) is 12.1. The molecule has 1 aromatic rings. The molecule has 0 saturated heterocycles. The highest BCUT2D eigenvalue weighted by Gasteiger charge is 2.41. The molecule has 0 bridgehead atoms. The van der Waals surface area contributed by atoms with Crippen LogP contribution in [-0.4, -0.2) is 13.9 Å². The van der Waals surface area contributed by atoms with Gasteiger partial charge in [-0.05, 0) is 52.8 Å². The normalized spacial score (nSPS) is 19.7. The lowest BCUT2D eigenvalue weighted by Crippen LogP contribution is -2.28. The van der Waals surface area contributed by atoms with Crippen molar-refractivity contribution in [2.45, 2.75) is 45.4 Å². The standard InChI is InChI=1S/C24H26BO/c1-5-6-14-26-17-12-13-18-16(2)22-19-10-8-7-9-11-21(19)25-23(22)24(3,4)20(18)15-17/h7-8,10-13,15H,2,5-6,9,14H2,1,3-4H3. The van der Waals surface area contributed by atoms with Gasteiger partial charge in [0.15, 0.2) is 7.28 Å². The number of hydrogen-bond donors (Lipinski definition) is 0. The molecule has 26 heavy (non-hydrogen) atoms. The maximum atomic E-state index is 5.98. The van der Waals surface area contributed by atoms with Crippen LogP contribution >= 0.6 is 0 Å². The van der Waals surface area contributed by atoms with Crippen LogP contribution in [0.4, 0.5) is 0 Å². The van der Waals surface area contributed by atoms with E-state index in [1.807, 2.05) is 0 Å². The number of fused-ring (bicyclic) bond motifs is 3. The smallest absolute Gasteiger partial charge is 0.188 e. The van der Waals surface area contributed by atoms with Crippen molar-refractivity contribution >= 4 is 12.9 Å². The molecule has 0 saturated carbocycles. The number of ether oxygens (including phenoxy) is 1. The third-order valence-electron chi connectivity index (χ3n) is 5.75. The van der Waals surface area contributed by atoms with Crippen molar-refractivity contribution in [3.63, 3.8) is 0 Å². The van der Waals surface area contributed by atoms with E-state index in [2.05, 4.69) is 77.1 Å². The maximum absolute atomic E-state index is 5.98. The van der Waals surface area contributed by atoms with Gasteiger partial charge in [0.2, 0.25) is 0 Å². The topological polar surface area (TPSA) is 9.23 Å². The van der Waals surface area contributed by atoms with Gasteiger partial charge in [0.05, 0.1) is 6.61 Å². The van der Waals surface area contributed by atoms with Gasteiger partial charge in [-0.3, -0.25) is 0 Å². The molecule has 0 N–H and O–H groups in total. The second kappa shape index (κ2) is 6.50. The molecule has 0 spiro atoms. The molecule has 1 aromatic carbocycles. The molecular formula is C24H26BO. The number of rotatable bonds is 4. The van der Waals surface area contributed by atoms with Crippen LogP contribution in [0.5, 0.6) is 5.75 Å². The highest BCUT2D eigenvalue weighted by atomic mass is 16.5. The Bertz CT molecular complexity index is 893. The molecule has 4 rings (SSSR count). The summed E-state index contributed by atoms with van der Waals surface area (Å²) in [5.41, 5.74) is 9.00. The van der Waals surface area contributed by atoms with E-state index in [4.69, 9.17) is 4.74 Å². The SMILES string of the molecule is C=C1C2=C([B]C3=CCC=CC=C32)C(C)(C)c2cc(OCCCC)ccc21. The minimum absolute atomic E-state index is 0.0619. The molecule has 1 radical (unpaired) electrons. The lowest BCUT2D eigenvalue weighted by molar-refractivity contribution is 0.308. The van der Waals surface area contributed by atoms with Crippen LogP contribution in [0.25, 0.3) is 5.57 Å². The number of hydrogen-bond acceptors (Lipinski definition) is 1. The van der Waals surface area contributed by atoms with Crippen LogP contribution in [-0.2, 0) is 5.41 Å². The third kappa shape index (κ3) is 2.63. The summed E-state index contributed by atoms with van der Waals surface area (Å²) < 4.78 is 5.98. The largest absolute Gasteiger partial charge is 0.494 e. The summed E-state index contributed by atoms with van der Waals surface area (Å²) >= 11 is 0. The van der Waals surface area contributed by atoms with Crippen LogP contribution in [0, 0.1) is 0 Å². The molecule has 2 aliphatic carbocycles. The van der Waals surface area contributed by atoms with Crippen molar-refractivity contribution in [1.29, 1.82) is 0 Å². The van der Waals surface area contributed by atoms with Crippen LogP contribution in [0.1, 0.15) is 51.2 Å². The summed E-state index contributed by atoms with van der Waals surface area (Å²) in [4.78, 5) is 0. The predicted molar refractivity (Wildman–Crippen MR) is 112 cm³/mol. The van der Waals surface area contributed by atoms with Crippen LogP contribution in [0.15, 0.2) is 71.2 Å². The van der Waals surface area contributed by atoms with Gasteiger partial charge >= 0.3 is 0 Å². The Balaban J connectivity index is 1.78. The number of unbranched alkanes of at least 4 members (excludes halogenated alkanes) is 1. The molecule has 2 heteroatoms. The molecule has 3 aliphatic rings. The van der Waals surface area contributed by atoms with E-state index in [1.165, 1.54) is 33.2 Å². The number of benzene rings is 1. The van der Waals surface area contributed by atoms with Gasteiger partial charge in [0.25, 0.3) is 0 Å². The average molecular weight is 341 g/mol. The van der Waals surface area contributed by atoms with Gasteiger partial charge < -0.3 is 4.74 Å². The molecule has 0 fully saturated rings. The first-order chi connectivity index (χ1) is 12.5. The fourth-order valence-corrected chi connectivity index (χ4v) is 4.21. The molecular weight excluding hydrogens is 315 g/mol. The fraction of sp³-hybridized carbons (Fsp3) is 0.333. The van der Waals surface area contributed by atoms with E-state index in [-0.39, 0.29) is 5.41 Å². The van der Waals surface area contributed by atoms with Crippen molar-refractivity contribution in [3.8, 4) is 5.75 Å². The summed E-state index contributed by atoms with van der Waals surface area (Å²) in [6.07, 6.45) is 12.2. The minimum Gasteiger partial charge on any atom is -0.494 e. The van der Waals surface area contributed by atoms with E-state index >= 15 is 0 Å². The Labute approximate surface area is 158 Å². The summed E-state index contributed by atoms with van der Waals surface area (Å²) in [5.74, 6) is 0.968. The zero-order valence-electron chi connectivity index (χ0n) is 16.1. The highest BCUT2D eigenvalue weighted by Crippen LogP contribution is 2.53. The molecule has 0 unspecified atom stereocenters. The Morgan fingerprint density at radius 3 is 2.92 bits per heavy atom. The van der Waals surface area contributed by atoms with Gasteiger partial charge in [0.1, 0.15) is 5.75 Å². The van der Waals surface area contributed by atoms with Crippen LogP contribution in [0.2, 0.25) is 0 Å². The van der Waals surface area contributed by atoms with E-state index in [1.54, 1.807) is 0 Å². The highest BCUT2D eigenvalue weighted by molar-refractivity contribution is 6.59. The zero-order chi connectivity index (χ0) is 18.3. The van der Waals surface area contributed by atoms with Crippen molar-refractivity contribution in [2.75, 3.05) is 6.61 Å². The van der Waals surface area contributed by atoms with Gasteiger partial charge in [-0.2, -0.15) is 0 Å². The summed E-state index contributed by atoms with van der Waals surface area (Å²) in [6, 6.07) is 6.52. The molecule has 0 amide bonds. The monoisotopic (exact) mass is 341 g/mol. The van der Waals surface area contributed by atoms with E-state index < -0.39 is 0 Å². The van der Waals surface area contributed by atoms with E-state index in [0.717, 1.165) is 37.2 Å². The lowest BCUT2D eigenvalue weighted by Gasteiger charge is -2.36. The second-order valence-electron chi connectivity index (χ2n) is 7.85. The van der Waals surface area contributed by atoms with Gasteiger partial charge in [-0.15, -0.1) is 0 Å². The summed E-state index contributed by atoms with van der Waals surface area (Å²) in [5, 5.41) is 0. The Hall–Kier alpha value is -2.22. The fourth-order valence-electron chi connectivity index (χ4n) is 4.21. The Kier molecular flexibility index (Phi) is 4.30. The first-order valence-corrected chi connectivity index (χ1v) is 9.68. The van der Waals surface area contributed by atoms with E-state index in [9.17, 15) is 0 Å².